The van der Waals surface area contributed by atoms with Crippen LogP contribution < -0.4 is 5.32 Å². The van der Waals surface area contributed by atoms with Crippen molar-refractivity contribution in [3.63, 3.8) is 0 Å². The third kappa shape index (κ3) is 4.57. The van der Waals surface area contributed by atoms with Gasteiger partial charge in [0.1, 0.15) is 5.82 Å². The number of nitrogens with zero attached hydrogens (tertiary/aromatic N) is 2. The normalized spacial score (nSPS) is 12.4. The van der Waals surface area contributed by atoms with Crippen molar-refractivity contribution < 1.29 is 4.74 Å². The average Bonchev–Trinajstić information content (AvgIpc) is 2.30. The highest BCUT2D eigenvalue weighted by molar-refractivity contribution is 5.29. The third-order valence-corrected chi connectivity index (χ3v) is 2.40. The number of nitrogens with one attached hydrogen (secondary N) is 1. The van der Waals surface area contributed by atoms with Crippen LogP contribution >= 0.6 is 0 Å². The van der Waals surface area contributed by atoms with E-state index in [0.717, 1.165) is 18.1 Å². The molecule has 0 aromatic carbocycles. The molecule has 1 atom stereocenters. The largest absolute Gasteiger partial charge is 0.375 e. The van der Waals surface area contributed by atoms with E-state index in [1.807, 2.05) is 7.05 Å². The van der Waals surface area contributed by atoms with Crippen LogP contribution in [0.15, 0.2) is 12.4 Å². The molecular weight excluding hydrogens is 202 g/mol. The molecule has 0 spiro atoms. The van der Waals surface area contributed by atoms with Gasteiger partial charge in [-0.15, -0.1) is 0 Å². The standard InChI is InChI=1S/C12H21N3O/c1-4-5-10(2)8-16-9-11-6-15-12(13-3)7-14-11/h6-7,10H,4-5,8-9H2,1-3H3,(H,13,15). The lowest BCUT2D eigenvalue weighted by Crippen LogP contribution is -2.06. The van der Waals surface area contributed by atoms with Crippen molar-refractivity contribution >= 4 is 5.82 Å². The van der Waals surface area contributed by atoms with Crippen molar-refractivity contribution in [2.24, 2.45) is 5.92 Å². The zero-order valence-corrected chi connectivity index (χ0v) is 10.4. The fraction of sp³-hybridized carbons (Fsp3) is 0.667. The third-order valence-electron chi connectivity index (χ3n) is 2.40. The molecule has 0 saturated carbocycles. The summed E-state index contributed by atoms with van der Waals surface area (Å²) in [4.78, 5) is 8.42. The second-order valence-corrected chi connectivity index (χ2v) is 4.05. The minimum absolute atomic E-state index is 0.547. The summed E-state index contributed by atoms with van der Waals surface area (Å²) in [6, 6.07) is 0. The van der Waals surface area contributed by atoms with E-state index in [9.17, 15) is 0 Å². The topological polar surface area (TPSA) is 47.0 Å². The molecule has 0 saturated heterocycles. The molecule has 0 bridgehead atoms. The monoisotopic (exact) mass is 223 g/mol. The van der Waals surface area contributed by atoms with Crippen LogP contribution in [0.1, 0.15) is 32.4 Å². The molecule has 0 fully saturated rings. The van der Waals surface area contributed by atoms with Gasteiger partial charge in [-0.2, -0.15) is 0 Å². The van der Waals surface area contributed by atoms with Crippen molar-refractivity contribution in [2.75, 3.05) is 19.0 Å². The van der Waals surface area contributed by atoms with Gasteiger partial charge in [0.15, 0.2) is 0 Å². The predicted octanol–water partition coefficient (Wildman–Crippen LogP) is 2.47. The van der Waals surface area contributed by atoms with Gasteiger partial charge in [-0.3, -0.25) is 4.98 Å². The Morgan fingerprint density at radius 3 is 2.75 bits per heavy atom. The summed E-state index contributed by atoms with van der Waals surface area (Å²) in [6.07, 6.45) is 5.88. The molecule has 0 amide bonds. The molecule has 0 radical (unpaired) electrons. The number of hydrogen-bond donors (Lipinski definition) is 1. The van der Waals surface area contributed by atoms with E-state index < -0.39 is 0 Å². The van der Waals surface area contributed by atoms with Crippen LogP contribution in [0.4, 0.5) is 5.82 Å². The summed E-state index contributed by atoms with van der Waals surface area (Å²) >= 11 is 0. The lowest BCUT2D eigenvalue weighted by atomic mass is 10.1. The molecule has 4 heteroatoms. The highest BCUT2D eigenvalue weighted by atomic mass is 16.5. The molecule has 0 aliphatic carbocycles. The van der Waals surface area contributed by atoms with E-state index in [1.54, 1.807) is 12.4 Å². The first-order chi connectivity index (χ1) is 7.76. The van der Waals surface area contributed by atoms with Crippen LogP contribution in [-0.2, 0) is 11.3 Å². The highest BCUT2D eigenvalue weighted by Gasteiger charge is 2.02. The van der Waals surface area contributed by atoms with Crippen LogP contribution in [0.3, 0.4) is 0 Å². The van der Waals surface area contributed by atoms with Gasteiger partial charge >= 0.3 is 0 Å². The molecule has 1 unspecified atom stereocenters. The Hall–Kier alpha value is -1.16. The smallest absolute Gasteiger partial charge is 0.144 e. The molecule has 1 heterocycles. The van der Waals surface area contributed by atoms with E-state index in [-0.39, 0.29) is 0 Å². The molecule has 0 aliphatic rings. The second kappa shape index (κ2) is 7.17. The molecule has 0 aliphatic heterocycles. The van der Waals surface area contributed by atoms with Crippen LogP contribution in [0.25, 0.3) is 0 Å². The molecule has 90 valence electrons. The van der Waals surface area contributed by atoms with Crippen molar-refractivity contribution in [1.82, 2.24) is 9.97 Å². The quantitative estimate of drug-likeness (QED) is 0.771. The van der Waals surface area contributed by atoms with Gasteiger partial charge in [0, 0.05) is 13.7 Å². The molecule has 1 N–H and O–H groups in total. The molecule has 1 aromatic rings. The predicted molar refractivity (Wildman–Crippen MR) is 65.3 cm³/mol. The summed E-state index contributed by atoms with van der Waals surface area (Å²) in [5.74, 6) is 1.40. The van der Waals surface area contributed by atoms with Crippen LogP contribution in [0, 0.1) is 5.92 Å². The Morgan fingerprint density at radius 1 is 1.38 bits per heavy atom. The van der Waals surface area contributed by atoms with E-state index >= 15 is 0 Å². The maximum absolute atomic E-state index is 5.58. The first-order valence-electron chi connectivity index (χ1n) is 5.82. The maximum atomic E-state index is 5.58. The Bertz CT molecular complexity index is 287. The van der Waals surface area contributed by atoms with Crippen LogP contribution in [-0.4, -0.2) is 23.6 Å². The van der Waals surface area contributed by atoms with Crippen LogP contribution in [0.2, 0.25) is 0 Å². The van der Waals surface area contributed by atoms with Crippen molar-refractivity contribution in [1.29, 1.82) is 0 Å². The van der Waals surface area contributed by atoms with Gasteiger partial charge in [0.2, 0.25) is 0 Å². The highest BCUT2D eigenvalue weighted by Crippen LogP contribution is 2.07. The van der Waals surface area contributed by atoms with E-state index in [4.69, 9.17) is 4.74 Å². The molecule has 1 aromatic heterocycles. The van der Waals surface area contributed by atoms with Crippen molar-refractivity contribution in [3.05, 3.63) is 18.1 Å². The lowest BCUT2D eigenvalue weighted by Gasteiger charge is -2.10. The zero-order chi connectivity index (χ0) is 11.8. The number of anilines is 1. The Morgan fingerprint density at radius 2 is 2.19 bits per heavy atom. The van der Waals surface area contributed by atoms with Crippen LogP contribution in [0.5, 0.6) is 0 Å². The van der Waals surface area contributed by atoms with Gasteiger partial charge in [0.05, 0.1) is 24.7 Å². The average molecular weight is 223 g/mol. The number of ether oxygens (including phenoxy) is 1. The Kier molecular flexibility index (Phi) is 5.78. The fourth-order valence-corrected chi connectivity index (χ4v) is 1.50. The number of hydrogen-bond acceptors (Lipinski definition) is 4. The first kappa shape index (κ1) is 12.9. The van der Waals surface area contributed by atoms with E-state index in [2.05, 4.69) is 29.1 Å². The summed E-state index contributed by atoms with van der Waals surface area (Å²) in [7, 11) is 1.83. The molecule has 16 heavy (non-hydrogen) atoms. The minimum Gasteiger partial charge on any atom is -0.375 e. The molecule has 1 rings (SSSR count). The van der Waals surface area contributed by atoms with Gasteiger partial charge in [0.25, 0.3) is 0 Å². The molecular formula is C12H21N3O. The fourth-order valence-electron chi connectivity index (χ4n) is 1.50. The summed E-state index contributed by atoms with van der Waals surface area (Å²) < 4.78 is 5.58. The summed E-state index contributed by atoms with van der Waals surface area (Å²) in [5, 5.41) is 2.93. The van der Waals surface area contributed by atoms with Crippen molar-refractivity contribution in [3.8, 4) is 0 Å². The SMILES string of the molecule is CCCC(C)COCc1cnc(NC)cn1. The van der Waals surface area contributed by atoms with Gasteiger partial charge in [-0.25, -0.2) is 4.98 Å². The van der Waals surface area contributed by atoms with Gasteiger partial charge < -0.3 is 10.1 Å². The zero-order valence-electron chi connectivity index (χ0n) is 10.4. The first-order valence-corrected chi connectivity index (χ1v) is 5.82. The van der Waals surface area contributed by atoms with Gasteiger partial charge in [-0.1, -0.05) is 20.3 Å². The summed E-state index contributed by atoms with van der Waals surface area (Å²) in [5.41, 5.74) is 0.877. The molecule has 4 nitrogen and oxygen atoms in total. The summed E-state index contributed by atoms with van der Waals surface area (Å²) in [6.45, 7) is 5.74. The Labute approximate surface area is 97.5 Å². The minimum atomic E-state index is 0.547. The second-order valence-electron chi connectivity index (χ2n) is 4.05. The van der Waals surface area contributed by atoms with Crippen molar-refractivity contribution in [2.45, 2.75) is 33.3 Å². The van der Waals surface area contributed by atoms with Gasteiger partial charge in [-0.05, 0) is 12.3 Å². The maximum Gasteiger partial charge on any atom is 0.144 e. The number of aromatic nitrogens is 2. The number of rotatable bonds is 7. The van der Waals surface area contributed by atoms with E-state index in [0.29, 0.717) is 12.5 Å². The Balaban J connectivity index is 2.26. The van der Waals surface area contributed by atoms with E-state index in [1.165, 1.54) is 12.8 Å². The lowest BCUT2D eigenvalue weighted by molar-refractivity contribution is 0.0870.